The van der Waals surface area contributed by atoms with Crippen molar-refractivity contribution >= 4 is 11.6 Å². The fraction of sp³-hybridized carbons (Fsp3) is 0.571. The van der Waals surface area contributed by atoms with Crippen molar-refractivity contribution in [2.24, 2.45) is 7.05 Å². The van der Waals surface area contributed by atoms with Gasteiger partial charge < -0.3 is 5.32 Å². The molecule has 0 spiro atoms. The van der Waals surface area contributed by atoms with Crippen LogP contribution in [0.1, 0.15) is 35.6 Å². The van der Waals surface area contributed by atoms with Crippen molar-refractivity contribution < 1.29 is 0 Å². The molecule has 1 unspecified atom stereocenters. The Kier molecular flexibility index (Phi) is 4.50. The monoisotopic (exact) mass is 295 g/mol. The van der Waals surface area contributed by atoms with Crippen LogP contribution in [-0.2, 0) is 20.0 Å². The molecule has 2 aromatic heterocycles. The summed E-state index contributed by atoms with van der Waals surface area (Å²) in [5.74, 6) is 0. The predicted octanol–water partition coefficient (Wildman–Crippen LogP) is 2.41. The largest absolute Gasteiger partial charge is 0.313 e. The molecule has 0 saturated carbocycles. The molecular weight excluding hydrogens is 274 g/mol. The maximum atomic E-state index is 6.39. The summed E-state index contributed by atoms with van der Waals surface area (Å²) < 4.78 is 3.83. The van der Waals surface area contributed by atoms with Crippen molar-refractivity contribution in [1.29, 1.82) is 0 Å². The highest BCUT2D eigenvalue weighted by Crippen LogP contribution is 2.27. The molecule has 0 aliphatic carbocycles. The van der Waals surface area contributed by atoms with E-state index in [9.17, 15) is 0 Å². The first-order valence-electron chi connectivity index (χ1n) is 6.87. The number of hydrogen-bond acceptors (Lipinski definition) is 3. The lowest BCUT2D eigenvalue weighted by Gasteiger charge is -2.16. The minimum atomic E-state index is 0.183. The molecule has 2 rings (SSSR count). The molecule has 6 heteroatoms. The fourth-order valence-electron chi connectivity index (χ4n) is 2.58. The van der Waals surface area contributed by atoms with E-state index in [-0.39, 0.29) is 6.04 Å². The van der Waals surface area contributed by atoms with Gasteiger partial charge in [0.15, 0.2) is 0 Å². The van der Waals surface area contributed by atoms with E-state index in [0.29, 0.717) is 0 Å². The molecule has 5 nitrogen and oxygen atoms in total. The van der Waals surface area contributed by atoms with Gasteiger partial charge in [-0.25, -0.2) is 0 Å². The molecule has 0 aromatic carbocycles. The second-order valence-corrected chi connectivity index (χ2v) is 5.43. The predicted molar refractivity (Wildman–Crippen MR) is 81.1 cm³/mol. The first-order valence-corrected chi connectivity index (χ1v) is 7.24. The lowest BCUT2D eigenvalue weighted by Crippen LogP contribution is -2.21. The van der Waals surface area contributed by atoms with Gasteiger partial charge >= 0.3 is 0 Å². The van der Waals surface area contributed by atoms with Crippen LogP contribution in [0.3, 0.4) is 0 Å². The normalized spacial score (nSPS) is 12.9. The molecule has 0 saturated heterocycles. The van der Waals surface area contributed by atoms with Gasteiger partial charge in [-0.3, -0.25) is 9.36 Å². The van der Waals surface area contributed by atoms with Crippen molar-refractivity contribution in [1.82, 2.24) is 24.9 Å². The maximum Gasteiger partial charge on any atom is 0.0847 e. The summed E-state index contributed by atoms with van der Waals surface area (Å²) in [6, 6.07) is 0.183. The van der Waals surface area contributed by atoms with Gasteiger partial charge in [0.05, 0.1) is 22.1 Å². The van der Waals surface area contributed by atoms with E-state index >= 15 is 0 Å². The second kappa shape index (κ2) is 5.97. The molecule has 2 aromatic rings. The minimum absolute atomic E-state index is 0.183. The van der Waals surface area contributed by atoms with Crippen LogP contribution in [-0.4, -0.2) is 26.6 Å². The number of nitrogens with zero attached hydrogens (tertiary/aromatic N) is 4. The highest BCUT2D eigenvalue weighted by atomic mass is 35.5. The number of likely N-dealkylation sites (N-methyl/N-ethyl adjacent to an activating group) is 1. The van der Waals surface area contributed by atoms with Crippen LogP contribution in [0.2, 0.25) is 5.02 Å². The first-order chi connectivity index (χ1) is 9.47. The molecule has 0 aliphatic heterocycles. The van der Waals surface area contributed by atoms with Crippen LogP contribution in [0.4, 0.5) is 0 Å². The maximum absolute atomic E-state index is 6.39. The van der Waals surface area contributed by atoms with Crippen molar-refractivity contribution in [3.05, 3.63) is 33.9 Å². The Bertz CT molecular complexity index is 599. The van der Waals surface area contributed by atoms with Gasteiger partial charge in [-0.15, -0.1) is 0 Å². The summed E-state index contributed by atoms with van der Waals surface area (Å²) >= 11 is 6.39. The topological polar surface area (TPSA) is 47.7 Å². The first kappa shape index (κ1) is 15.1. The minimum Gasteiger partial charge on any atom is -0.313 e. The molecule has 2 heterocycles. The Morgan fingerprint density at radius 3 is 2.50 bits per heavy atom. The molecule has 110 valence electrons. The van der Waals surface area contributed by atoms with Crippen LogP contribution < -0.4 is 5.32 Å². The Hall–Kier alpha value is -1.33. The van der Waals surface area contributed by atoms with Crippen LogP contribution >= 0.6 is 11.6 Å². The Labute approximate surface area is 124 Å². The van der Waals surface area contributed by atoms with Crippen LogP contribution in [0.25, 0.3) is 0 Å². The highest BCUT2D eigenvalue weighted by Gasteiger charge is 2.20. The second-order valence-electron chi connectivity index (χ2n) is 5.05. The lowest BCUT2D eigenvalue weighted by molar-refractivity contribution is 0.539. The summed E-state index contributed by atoms with van der Waals surface area (Å²) in [5.41, 5.74) is 4.21. The fourth-order valence-corrected chi connectivity index (χ4v) is 2.80. The van der Waals surface area contributed by atoms with Gasteiger partial charge in [0.2, 0.25) is 0 Å². The molecule has 20 heavy (non-hydrogen) atoms. The van der Waals surface area contributed by atoms with Gasteiger partial charge in [-0.2, -0.15) is 10.2 Å². The van der Waals surface area contributed by atoms with Crippen LogP contribution in [0.15, 0.2) is 6.20 Å². The smallest absolute Gasteiger partial charge is 0.0847 e. The van der Waals surface area contributed by atoms with Gasteiger partial charge in [-0.1, -0.05) is 11.6 Å². The average Bonchev–Trinajstić information content (AvgIpc) is 2.88. The number of aryl methyl sites for hydroxylation is 4. The summed E-state index contributed by atoms with van der Waals surface area (Å²) in [5, 5.41) is 13.0. The van der Waals surface area contributed by atoms with E-state index in [0.717, 1.165) is 35.1 Å². The summed E-state index contributed by atoms with van der Waals surface area (Å²) in [7, 11) is 3.90. The number of aromatic nitrogens is 4. The van der Waals surface area contributed by atoms with E-state index in [2.05, 4.69) is 28.6 Å². The Morgan fingerprint density at radius 2 is 2.00 bits per heavy atom. The molecule has 0 bridgehead atoms. The third kappa shape index (κ3) is 2.74. The van der Waals surface area contributed by atoms with E-state index in [1.165, 1.54) is 5.56 Å². The number of rotatable bonds is 5. The zero-order valence-electron chi connectivity index (χ0n) is 12.7. The zero-order chi connectivity index (χ0) is 14.9. The quantitative estimate of drug-likeness (QED) is 0.921. The van der Waals surface area contributed by atoms with E-state index < -0.39 is 0 Å². The number of halogens is 1. The number of hydrogen-bond donors (Lipinski definition) is 1. The van der Waals surface area contributed by atoms with E-state index in [1.807, 2.05) is 37.3 Å². The SMILES string of the molecule is CCn1nc(C)c(Cl)c1CC(NC)c1cn(C)nc1C. The molecule has 1 atom stereocenters. The van der Waals surface area contributed by atoms with E-state index in [1.54, 1.807) is 0 Å². The summed E-state index contributed by atoms with van der Waals surface area (Å²) in [6.07, 6.45) is 2.86. The highest BCUT2D eigenvalue weighted by molar-refractivity contribution is 6.31. The van der Waals surface area contributed by atoms with Crippen molar-refractivity contribution in [2.45, 2.75) is 39.8 Å². The van der Waals surface area contributed by atoms with Crippen molar-refractivity contribution in [2.75, 3.05) is 7.05 Å². The van der Waals surface area contributed by atoms with Gasteiger partial charge in [0.1, 0.15) is 0 Å². The average molecular weight is 296 g/mol. The Morgan fingerprint density at radius 1 is 1.30 bits per heavy atom. The third-order valence-corrected chi connectivity index (χ3v) is 4.12. The van der Waals surface area contributed by atoms with Crippen LogP contribution in [0, 0.1) is 13.8 Å². The standard InChI is InChI=1S/C14H22ClN5/c1-6-20-13(14(15)10(3)18-20)7-12(16-4)11-8-19(5)17-9(11)2/h8,12,16H,6-7H2,1-5H3. The molecule has 0 amide bonds. The Balaban J connectivity index is 2.34. The molecule has 0 aliphatic rings. The lowest BCUT2D eigenvalue weighted by atomic mass is 10.0. The van der Waals surface area contributed by atoms with E-state index in [4.69, 9.17) is 11.6 Å². The van der Waals surface area contributed by atoms with Gasteiger partial charge in [0, 0.05) is 37.8 Å². The molecule has 1 N–H and O–H groups in total. The molecular formula is C14H22ClN5. The molecule has 0 fully saturated rings. The summed E-state index contributed by atoms with van der Waals surface area (Å²) in [6.45, 7) is 6.88. The summed E-state index contributed by atoms with van der Waals surface area (Å²) in [4.78, 5) is 0. The zero-order valence-corrected chi connectivity index (χ0v) is 13.5. The third-order valence-electron chi connectivity index (χ3n) is 3.63. The van der Waals surface area contributed by atoms with Gasteiger partial charge in [0.25, 0.3) is 0 Å². The van der Waals surface area contributed by atoms with Crippen molar-refractivity contribution in [3.63, 3.8) is 0 Å². The number of nitrogens with one attached hydrogen (secondary N) is 1. The van der Waals surface area contributed by atoms with Gasteiger partial charge in [-0.05, 0) is 27.8 Å². The van der Waals surface area contributed by atoms with Crippen molar-refractivity contribution in [3.8, 4) is 0 Å². The van der Waals surface area contributed by atoms with Crippen LogP contribution in [0.5, 0.6) is 0 Å². The molecule has 0 radical (unpaired) electrons.